The van der Waals surface area contributed by atoms with Crippen LogP contribution < -0.4 is 10.1 Å². The molecule has 0 bridgehead atoms. The van der Waals surface area contributed by atoms with E-state index in [0.29, 0.717) is 0 Å². The summed E-state index contributed by atoms with van der Waals surface area (Å²) in [6.45, 7) is 4.27. The van der Waals surface area contributed by atoms with Crippen LogP contribution in [0.2, 0.25) is 0 Å². The Kier molecular flexibility index (Phi) is 2.78. The zero-order chi connectivity index (χ0) is 12.7. The average molecular weight is 244 g/mol. The highest BCUT2D eigenvalue weighted by Gasteiger charge is 2.20. The number of hydrogen-bond acceptors (Lipinski definition) is 2. The minimum atomic E-state index is 0.961. The fourth-order valence-corrected chi connectivity index (χ4v) is 3.12. The molecule has 2 aromatic rings. The second-order valence-electron chi connectivity index (χ2n) is 5.07. The monoisotopic (exact) mass is 244 g/mol. The van der Waals surface area contributed by atoms with E-state index < -0.39 is 0 Å². The van der Waals surface area contributed by atoms with Crippen molar-refractivity contribution in [2.75, 3.05) is 13.7 Å². The summed E-state index contributed by atoms with van der Waals surface area (Å²) in [6.07, 6.45) is 2.37. The van der Waals surface area contributed by atoms with Gasteiger partial charge in [-0.2, -0.15) is 0 Å². The highest BCUT2D eigenvalue weighted by molar-refractivity contribution is 5.93. The molecule has 1 aromatic heterocycles. The zero-order valence-corrected chi connectivity index (χ0v) is 11.3. The molecule has 0 unspecified atom stereocenters. The van der Waals surface area contributed by atoms with E-state index in [1.165, 1.54) is 34.1 Å². The minimum Gasteiger partial charge on any atom is -0.495 e. The smallest absolute Gasteiger partial charge is 0.143 e. The van der Waals surface area contributed by atoms with Gasteiger partial charge in [-0.25, -0.2) is 0 Å². The van der Waals surface area contributed by atoms with E-state index in [1.54, 1.807) is 7.11 Å². The minimum absolute atomic E-state index is 0.961. The maximum absolute atomic E-state index is 5.53. The molecule has 0 radical (unpaired) electrons. The number of aryl methyl sites for hydroxylation is 3. The Morgan fingerprint density at radius 3 is 2.94 bits per heavy atom. The first-order valence-corrected chi connectivity index (χ1v) is 6.58. The second-order valence-corrected chi connectivity index (χ2v) is 5.07. The van der Waals surface area contributed by atoms with Crippen LogP contribution in [0.3, 0.4) is 0 Å². The summed E-state index contributed by atoms with van der Waals surface area (Å²) in [6, 6.07) is 4.24. The molecule has 2 heterocycles. The number of methoxy groups -OCH3 is 1. The van der Waals surface area contributed by atoms with E-state index in [1.807, 2.05) is 0 Å². The van der Waals surface area contributed by atoms with Crippen molar-refractivity contribution in [3.63, 3.8) is 0 Å². The Bertz CT molecular complexity index is 598. The van der Waals surface area contributed by atoms with Gasteiger partial charge in [-0.05, 0) is 43.5 Å². The van der Waals surface area contributed by atoms with Crippen molar-refractivity contribution in [3.8, 4) is 5.75 Å². The molecular weight excluding hydrogens is 224 g/mol. The van der Waals surface area contributed by atoms with Gasteiger partial charge in [0.2, 0.25) is 0 Å². The topological polar surface area (TPSA) is 26.2 Å². The molecule has 18 heavy (non-hydrogen) atoms. The lowest BCUT2D eigenvalue weighted by molar-refractivity contribution is 0.417. The number of rotatable bonds is 1. The van der Waals surface area contributed by atoms with Crippen molar-refractivity contribution in [1.82, 2.24) is 9.88 Å². The van der Waals surface area contributed by atoms with Crippen molar-refractivity contribution in [1.29, 1.82) is 0 Å². The van der Waals surface area contributed by atoms with Gasteiger partial charge in [0.05, 0.1) is 12.6 Å². The quantitative estimate of drug-likeness (QED) is 0.834. The van der Waals surface area contributed by atoms with Gasteiger partial charge in [-0.1, -0.05) is 6.07 Å². The molecule has 0 aliphatic carbocycles. The lowest BCUT2D eigenvalue weighted by Crippen LogP contribution is -2.14. The fourth-order valence-electron chi connectivity index (χ4n) is 3.12. The van der Waals surface area contributed by atoms with Gasteiger partial charge in [-0.3, -0.25) is 0 Å². The molecular formula is C15H20N2O. The molecule has 1 aromatic carbocycles. The first kappa shape index (κ1) is 11.6. The van der Waals surface area contributed by atoms with Crippen LogP contribution in [0.5, 0.6) is 5.75 Å². The second kappa shape index (κ2) is 4.32. The number of nitrogens with zero attached hydrogens (tertiary/aromatic N) is 1. The first-order chi connectivity index (χ1) is 8.74. The number of benzene rings is 1. The predicted octanol–water partition coefficient (Wildman–Crippen LogP) is 2.53. The Morgan fingerprint density at radius 2 is 2.17 bits per heavy atom. The molecule has 0 spiro atoms. The Morgan fingerprint density at radius 1 is 1.33 bits per heavy atom. The predicted molar refractivity (Wildman–Crippen MR) is 74.2 cm³/mol. The van der Waals surface area contributed by atoms with Gasteiger partial charge < -0.3 is 14.6 Å². The highest BCUT2D eigenvalue weighted by Crippen LogP contribution is 2.35. The van der Waals surface area contributed by atoms with Crippen LogP contribution in [0.1, 0.15) is 23.2 Å². The Hall–Kier alpha value is -1.48. The highest BCUT2D eigenvalue weighted by atomic mass is 16.5. The number of aromatic nitrogens is 1. The van der Waals surface area contributed by atoms with Gasteiger partial charge in [0.15, 0.2) is 0 Å². The molecule has 0 saturated heterocycles. The van der Waals surface area contributed by atoms with E-state index in [9.17, 15) is 0 Å². The number of nitrogens with one attached hydrogen (secondary N) is 1. The molecule has 3 nitrogen and oxygen atoms in total. The van der Waals surface area contributed by atoms with Crippen LogP contribution in [0.25, 0.3) is 10.9 Å². The van der Waals surface area contributed by atoms with Crippen molar-refractivity contribution in [3.05, 3.63) is 29.0 Å². The van der Waals surface area contributed by atoms with Crippen molar-refractivity contribution >= 4 is 10.9 Å². The van der Waals surface area contributed by atoms with E-state index in [-0.39, 0.29) is 0 Å². The number of ether oxygens (including phenoxy) is 1. The van der Waals surface area contributed by atoms with Gasteiger partial charge in [0.1, 0.15) is 5.75 Å². The summed E-state index contributed by atoms with van der Waals surface area (Å²) in [5.41, 5.74) is 5.51. The zero-order valence-electron chi connectivity index (χ0n) is 11.3. The molecule has 1 N–H and O–H groups in total. The standard InChI is InChI=1S/C15H20N2O/c1-10-6-7-13(18-3)15-14(10)11-5-4-8-16-9-12(11)17(15)2/h6-7,16H,4-5,8-9H2,1-3H3. The number of fused-ring (bicyclic) bond motifs is 3. The first-order valence-electron chi connectivity index (χ1n) is 6.58. The lowest BCUT2D eigenvalue weighted by atomic mass is 10.0. The van der Waals surface area contributed by atoms with Crippen LogP contribution >= 0.6 is 0 Å². The van der Waals surface area contributed by atoms with E-state index in [0.717, 1.165) is 25.3 Å². The van der Waals surface area contributed by atoms with Crippen LogP contribution in [0.4, 0.5) is 0 Å². The molecule has 0 amide bonds. The largest absolute Gasteiger partial charge is 0.495 e. The third-order valence-corrected chi connectivity index (χ3v) is 4.03. The molecule has 1 aliphatic rings. The fraction of sp³-hybridized carbons (Fsp3) is 0.467. The molecule has 3 heteroatoms. The van der Waals surface area contributed by atoms with Crippen molar-refractivity contribution in [2.45, 2.75) is 26.3 Å². The van der Waals surface area contributed by atoms with Gasteiger partial charge in [0.25, 0.3) is 0 Å². The van der Waals surface area contributed by atoms with Crippen molar-refractivity contribution in [2.24, 2.45) is 7.05 Å². The maximum atomic E-state index is 5.53. The molecule has 3 rings (SSSR count). The van der Waals surface area contributed by atoms with Crippen LogP contribution in [-0.4, -0.2) is 18.2 Å². The third-order valence-electron chi connectivity index (χ3n) is 4.03. The summed E-state index contributed by atoms with van der Waals surface area (Å²) in [4.78, 5) is 0. The summed E-state index contributed by atoms with van der Waals surface area (Å²) < 4.78 is 7.83. The summed E-state index contributed by atoms with van der Waals surface area (Å²) in [7, 11) is 3.90. The third kappa shape index (κ3) is 1.54. The Labute approximate surface area is 108 Å². The van der Waals surface area contributed by atoms with Crippen LogP contribution in [0.15, 0.2) is 12.1 Å². The van der Waals surface area contributed by atoms with Gasteiger partial charge >= 0.3 is 0 Å². The molecule has 0 fully saturated rings. The normalized spacial score (nSPS) is 15.5. The molecule has 96 valence electrons. The van der Waals surface area contributed by atoms with Crippen LogP contribution in [-0.2, 0) is 20.0 Å². The lowest BCUT2D eigenvalue weighted by Gasteiger charge is -2.08. The summed E-state index contributed by atoms with van der Waals surface area (Å²) in [5.74, 6) is 0.978. The average Bonchev–Trinajstić information content (AvgIpc) is 2.57. The maximum Gasteiger partial charge on any atom is 0.143 e. The summed E-state index contributed by atoms with van der Waals surface area (Å²) in [5, 5.41) is 4.90. The molecule has 0 atom stereocenters. The van der Waals surface area contributed by atoms with E-state index >= 15 is 0 Å². The summed E-state index contributed by atoms with van der Waals surface area (Å²) >= 11 is 0. The van der Waals surface area contributed by atoms with Crippen molar-refractivity contribution < 1.29 is 4.74 Å². The molecule has 0 saturated carbocycles. The van der Waals surface area contributed by atoms with Crippen LogP contribution in [0, 0.1) is 6.92 Å². The molecule has 1 aliphatic heterocycles. The van der Waals surface area contributed by atoms with Gasteiger partial charge in [0, 0.05) is 24.7 Å². The number of hydrogen-bond donors (Lipinski definition) is 1. The van der Waals surface area contributed by atoms with E-state index in [4.69, 9.17) is 4.74 Å². The van der Waals surface area contributed by atoms with Gasteiger partial charge in [-0.15, -0.1) is 0 Å². The SMILES string of the molecule is COc1ccc(C)c2c3c(n(C)c12)CNCCC3. The Balaban J connectivity index is 2.39. The van der Waals surface area contributed by atoms with E-state index in [2.05, 4.69) is 36.0 Å².